The smallest absolute Gasteiger partial charge is 0.127 e. The van der Waals surface area contributed by atoms with Crippen molar-refractivity contribution in [3.8, 4) is 0 Å². The summed E-state index contributed by atoms with van der Waals surface area (Å²) >= 11 is 0. The molecule has 0 saturated heterocycles. The molecular weight excluding hydrogens is 186 g/mol. The number of carbonyl (C=O) groups excluding carboxylic acids is 1. The summed E-state index contributed by atoms with van der Waals surface area (Å²) in [4.78, 5) is 10.7. The highest BCUT2D eigenvalue weighted by Gasteiger charge is 2.08. The second kappa shape index (κ2) is 4.96. The van der Waals surface area contributed by atoms with E-state index in [1.165, 1.54) is 5.56 Å². The van der Waals surface area contributed by atoms with Crippen LogP contribution in [-0.2, 0) is 11.2 Å². The molecule has 0 bridgehead atoms. The largest absolute Gasteiger partial charge is 0.398 e. The number of anilines is 1. The number of hydrogen-bond acceptors (Lipinski definition) is 2. The molecule has 0 spiro atoms. The lowest BCUT2D eigenvalue weighted by Gasteiger charge is -2.11. The van der Waals surface area contributed by atoms with Crippen molar-refractivity contribution in [2.75, 3.05) is 5.73 Å². The van der Waals surface area contributed by atoms with E-state index in [0.717, 1.165) is 24.0 Å². The van der Waals surface area contributed by atoms with Gasteiger partial charge in [-0.1, -0.05) is 32.9 Å². The zero-order valence-electron chi connectivity index (χ0n) is 9.66. The van der Waals surface area contributed by atoms with Gasteiger partial charge in [0.2, 0.25) is 0 Å². The molecule has 0 saturated carbocycles. The second-order valence-corrected chi connectivity index (χ2v) is 4.49. The Labute approximate surface area is 91.5 Å². The van der Waals surface area contributed by atoms with Crippen LogP contribution in [0.5, 0.6) is 0 Å². The van der Waals surface area contributed by atoms with E-state index in [0.29, 0.717) is 5.92 Å². The molecule has 0 aromatic heterocycles. The third-order valence-corrected chi connectivity index (χ3v) is 2.49. The molecule has 0 fully saturated rings. The molecule has 2 nitrogen and oxygen atoms in total. The van der Waals surface area contributed by atoms with Crippen LogP contribution in [0, 0.1) is 5.92 Å². The van der Waals surface area contributed by atoms with Gasteiger partial charge in [-0.05, 0) is 29.5 Å². The molecule has 2 N–H and O–H groups in total. The number of benzene rings is 1. The van der Waals surface area contributed by atoms with Crippen LogP contribution in [0.3, 0.4) is 0 Å². The molecule has 1 rings (SSSR count). The van der Waals surface area contributed by atoms with Crippen molar-refractivity contribution >= 4 is 12.0 Å². The summed E-state index contributed by atoms with van der Waals surface area (Å²) in [5, 5.41) is 0. The molecule has 0 aliphatic rings. The van der Waals surface area contributed by atoms with Crippen molar-refractivity contribution in [1.29, 1.82) is 0 Å². The van der Waals surface area contributed by atoms with E-state index in [9.17, 15) is 4.79 Å². The fourth-order valence-electron chi connectivity index (χ4n) is 1.71. The van der Waals surface area contributed by atoms with Gasteiger partial charge in [-0.25, -0.2) is 0 Å². The SMILES string of the molecule is CC(C)Cc1ccc(C(C)C=O)c(N)c1. The molecule has 2 heteroatoms. The van der Waals surface area contributed by atoms with Crippen LogP contribution in [-0.4, -0.2) is 6.29 Å². The molecule has 15 heavy (non-hydrogen) atoms. The number of rotatable bonds is 4. The second-order valence-electron chi connectivity index (χ2n) is 4.49. The predicted molar refractivity (Wildman–Crippen MR) is 63.9 cm³/mol. The molecule has 0 aliphatic carbocycles. The van der Waals surface area contributed by atoms with E-state index in [4.69, 9.17) is 5.73 Å². The van der Waals surface area contributed by atoms with E-state index >= 15 is 0 Å². The van der Waals surface area contributed by atoms with Crippen LogP contribution in [0.25, 0.3) is 0 Å². The Morgan fingerprint density at radius 2 is 2.00 bits per heavy atom. The first-order valence-electron chi connectivity index (χ1n) is 5.38. The van der Waals surface area contributed by atoms with Gasteiger partial charge in [0.05, 0.1) is 0 Å². The van der Waals surface area contributed by atoms with Gasteiger partial charge in [0.1, 0.15) is 6.29 Å². The lowest BCUT2D eigenvalue weighted by molar-refractivity contribution is -0.108. The first kappa shape index (κ1) is 11.8. The summed E-state index contributed by atoms with van der Waals surface area (Å²) in [6.45, 7) is 6.22. The van der Waals surface area contributed by atoms with Crippen LogP contribution < -0.4 is 5.73 Å². The van der Waals surface area contributed by atoms with Crippen LogP contribution >= 0.6 is 0 Å². The van der Waals surface area contributed by atoms with E-state index in [-0.39, 0.29) is 5.92 Å². The molecule has 0 aliphatic heterocycles. The standard InChI is InChI=1S/C13H19NO/c1-9(2)6-11-4-5-12(10(3)8-15)13(14)7-11/h4-5,7-10H,6,14H2,1-3H3. The maximum atomic E-state index is 10.7. The Hall–Kier alpha value is -1.31. The van der Waals surface area contributed by atoms with E-state index in [1.807, 2.05) is 19.1 Å². The summed E-state index contributed by atoms with van der Waals surface area (Å²) in [6, 6.07) is 6.01. The quantitative estimate of drug-likeness (QED) is 0.606. The van der Waals surface area contributed by atoms with Crippen molar-refractivity contribution in [3.05, 3.63) is 29.3 Å². The molecule has 1 unspecified atom stereocenters. The van der Waals surface area contributed by atoms with Crippen LogP contribution in [0.2, 0.25) is 0 Å². The lowest BCUT2D eigenvalue weighted by Crippen LogP contribution is -2.02. The fourth-order valence-corrected chi connectivity index (χ4v) is 1.71. The van der Waals surface area contributed by atoms with Crippen molar-refractivity contribution in [3.63, 3.8) is 0 Å². The Morgan fingerprint density at radius 1 is 1.33 bits per heavy atom. The molecule has 1 aromatic carbocycles. The Morgan fingerprint density at radius 3 is 2.47 bits per heavy atom. The number of carbonyl (C=O) groups is 1. The number of aldehydes is 1. The monoisotopic (exact) mass is 205 g/mol. The highest BCUT2D eigenvalue weighted by atomic mass is 16.1. The van der Waals surface area contributed by atoms with E-state index in [1.54, 1.807) is 0 Å². The van der Waals surface area contributed by atoms with Crippen molar-refractivity contribution < 1.29 is 4.79 Å². The van der Waals surface area contributed by atoms with Crippen LogP contribution in [0.4, 0.5) is 5.69 Å². The molecule has 1 aromatic rings. The Kier molecular flexibility index (Phi) is 3.89. The number of nitrogen functional groups attached to an aromatic ring is 1. The summed E-state index contributed by atoms with van der Waals surface area (Å²) in [5.41, 5.74) is 8.81. The Bertz CT molecular complexity index is 344. The van der Waals surface area contributed by atoms with Gasteiger partial charge >= 0.3 is 0 Å². The topological polar surface area (TPSA) is 43.1 Å². The summed E-state index contributed by atoms with van der Waals surface area (Å²) in [5.74, 6) is 0.511. The van der Waals surface area contributed by atoms with E-state index < -0.39 is 0 Å². The predicted octanol–water partition coefficient (Wildman–Crippen LogP) is 2.77. The minimum Gasteiger partial charge on any atom is -0.398 e. The number of nitrogens with two attached hydrogens (primary N) is 1. The average molecular weight is 205 g/mol. The fraction of sp³-hybridized carbons (Fsp3) is 0.462. The third-order valence-electron chi connectivity index (χ3n) is 2.49. The summed E-state index contributed by atoms with van der Waals surface area (Å²) in [6.07, 6.45) is 1.95. The molecule has 0 amide bonds. The highest BCUT2D eigenvalue weighted by molar-refractivity contribution is 5.67. The van der Waals surface area contributed by atoms with Gasteiger partial charge in [0.15, 0.2) is 0 Å². The maximum absolute atomic E-state index is 10.7. The molecule has 82 valence electrons. The van der Waals surface area contributed by atoms with Crippen LogP contribution in [0.15, 0.2) is 18.2 Å². The lowest BCUT2D eigenvalue weighted by atomic mass is 9.96. The van der Waals surface area contributed by atoms with E-state index in [2.05, 4.69) is 19.9 Å². The minimum atomic E-state index is -0.113. The first-order chi connectivity index (χ1) is 7.04. The van der Waals surface area contributed by atoms with Gasteiger partial charge in [-0.15, -0.1) is 0 Å². The minimum absolute atomic E-state index is 0.113. The molecule has 0 heterocycles. The van der Waals surface area contributed by atoms with Gasteiger partial charge in [0.25, 0.3) is 0 Å². The summed E-state index contributed by atoms with van der Waals surface area (Å²) < 4.78 is 0. The van der Waals surface area contributed by atoms with Gasteiger partial charge < -0.3 is 10.5 Å². The highest BCUT2D eigenvalue weighted by Crippen LogP contribution is 2.22. The zero-order chi connectivity index (χ0) is 11.4. The molecular formula is C13H19NO. The van der Waals surface area contributed by atoms with Crippen LogP contribution in [0.1, 0.15) is 37.8 Å². The average Bonchev–Trinajstić information content (AvgIpc) is 2.16. The first-order valence-corrected chi connectivity index (χ1v) is 5.38. The third kappa shape index (κ3) is 3.08. The molecule has 1 atom stereocenters. The van der Waals surface area contributed by atoms with Gasteiger partial charge in [-0.2, -0.15) is 0 Å². The normalized spacial score (nSPS) is 12.8. The zero-order valence-corrected chi connectivity index (χ0v) is 9.66. The van der Waals surface area contributed by atoms with Gasteiger partial charge in [0, 0.05) is 11.6 Å². The molecule has 0 radical (unpaired) electrons. The van der Waals surface area contributed by atoms with Crippen molar-refractivity contribution in [2.24, 2.45) is 5.92 Å². The van der Waals surface area contributed by atoms with Crippen molar-refractivity contribution in [1.82, 2.24) is 0 Å². The Balaban J connectivity index is 2.92. The number of hydrogen-bond donors (Lipinski definition) is 1. The maximum Gasteiger partial charge on any atom is 0.127 e. The summed E-state index contributed by atoms with van der Waals surface area (Å²) in [7, 11) is 0. The van der Waals surface area contributed by atoms with Crippen molar-refractivity contribution in [2.45, 2.75) is 33.1 Å². The van der Waals surface area contributed by atoms with Gasteiger partial charge in [-0.3, -0.25) is 0 Å².